The zero-order chi connectivity index (χ0) is 22.8. The maximum atomic E-state index is 12.3. The van der Waals surface area contributed by atoms with E-state index in [4.69, 9.17) is 9.84 Å². The van der Waals surface area contributed by atoms with E-state index in [9.17, 15) is 4.79 Å². The summed E-state index contributed by atoms with van der Waals surface area (Å²) in [7, 11) is 1.60. The van der Waals surface area contributed by atoms with E-state index in [1.54, 1.807) is 19.4 Å². The smallest absolute Gasteiger partial charge is 0.238 e. The van der Waals surface area contributed by atoms with Gasteiger partial charge in [-0.15, -0.1) is 0 Å². The van der Waals surface area contributed by atoms with E-state index < -0.39 is 0 Å². The number of hydrogen-bond acceptors (Lipinski definition) is 6. The lowest BCUT2D eigenvalue weighted by Gasteiger charge is -2.22. The monoisotopic (exact) mass is 442 g/mol. The lowest BCUT2D eigenvalue weighted by atomic mass is 9.93. The maximum absolute atomic E-state index is 12.3. The normalized spacial score (nSPS) is 15.3. The predicted octanol–water partition coefficient (Wildman–Crippen LogP) is 3.22. The molecule has 1 unspecified atom stereocenters. The third-order valence-corrected chi connectivity index (χ3v) is 5.95. The number of ether oxygens (including phenoxy) is 1. The first-order valence-corrected chi connectivity index (χ1v) is 11.1. The first kappa shape index (κ1) is 21.1. The summed E-state index contributed by atoms with van der Waals surface area (Å²) in [4.78, 5) is 21.3. The van der Waals surface area contributed by atoms with Crippen molar-refractivity contribution in [1.29, 1.82) is 0 Å². The molecule has 5 rings (SSSR count). The Balaban J connectivity index is 1.27. The van der Waals surface area contributed by atoms with Gasteiger partial charge in [0.05, 0.1) is 30.6 Å². The number of anilines is 1. The summed E-state index contributed by atoms with van der Waals surface area (Å²) in [6.07, 6.45) is 6.45. The van der Waals surface area contributed by atoms with E-state index in [0.717, 1.165) is 47.4 Å². The number of methoxy groups -OCH3 is 1. The second-order valence-electron chi connectivity index (χ2n) is 8.33. The SMILES string of the molecule is COc1ccc2nccc(-n3cc4c(n3)CCC(NCC(=O)Nc3ccc(C)cc3)C4)c2n1. The van der Waals surface area contributed by atoms with Crippen LogP contribution in [-0.4, -0.2) is 45.4 Å². The molecule has 0 fully saturated rings. The van der Waals surface area contributed by atoms with Gasteiger partial charge in [0.25, 0.3) is 0 Å². The number of pyridine rings is 2. The minimum atomic E-state index is -0.0383. The van der Waals surface area contributed by atoms with Crippen LogP contribution in [-0.2, 0) is 17.6 Å². The van der Waals surface area contributed by atoms with E-state index in [-0.39, 0.29) is 18.5 Å². The summed E-state index contributed by atoms with van der Waals surface area (Å²) in [5, 5.41) is 11.2. The van der Waals surface area contributed by atoms with Gasteiger partial charge in [-0.3, -0.25) is 9.78 Å². The van der Waals surface area contributed by atoms with E-state index in [1.165, 1.54) is 11.1 Å². The molecule has 0 radical (unpaired) electrons. The molecule has 1 aromatic carbocycles. The Kier molecular flexibility index (Phi) is 5.75. The quantitative estimate of drug-likeness (QED) is 0.476. The molecular formula is C25H26N6O2. The van der Waals surface area contributed by atoms with Crippen LogP contribution < -0.4 is 15.4 Å². The number of benzene rings is 1. The van der Waals surface area contributed by atoms with E-state index in [2.05, 4.69) is 26.8 Å². The Morgan fingerprint density at radius 3 is 2.85 bits per heavy atom. The van der Waals surface area contributed by atoms with Gasteiger partial charge in [-0.2, -0.15) is 5.10 Å². The minimum Gasteiger partial charge on any atom is -0.481 e. The van der Waals surface area contributed by atoms with E-state index in [0.29, 0.717) is 5.88 Å². The molecule has 1 amide bonds. The predicted molar refractivity (Wildman–Crippen MR) is 127 cm³/mol. The first-order valence-electron chi connectivity index (χ1n) is 11.1. The Bertz CT molecular complexity index is 1300. The van der Waals surface area contributed by atoms with Crippen molar-refractivity contribution in [2.24, 2.45) is 0 Å². The average molecular weight is 443 g/mol. The van der Waals surface area contributed by atoms with Crippen molar-refractivity contribution in [3.63, 3.8) is 0 Å². The van der Waals surface area contributed by atoms with Crippen LogP contribution in [0.3, 0.4) is 0 Å². The summed E-state index contributed by atoms with van der Waals surface area (Å²) in [5.41, 5.74) is 6.67. The van der Waals surface area contributed by atoms with Crippen LogP contribution in [0.25, 0.3) is 16.7 Å². The molecule has 2 N–H and O–H groups in total. The third-order valence-electron chi connectivity index (χ3n) is 5.95. The highest BCUT2D eigenvalue weighted by atomic mass is 16.5. The third kappa shape index (κ3) is 4.56. The fourth-order valence-corrected chi connectivity index (χ4v) is 4.17. The van der Waals surface area contributed by atoms with Crippen LogP contribution in [0.2, 0.25) is 0 Å². The van der Waals surface area contributed by atoms with Crippen molar-refractivity contribution in [2.75, 3.05) is 19.0 Å². The van der Waals surface area contributed by atoms with Gasteiger partial charge in [0.2, 0.25) is 11.8 Å². The van der Waals surface area contributed by atoms with Crippen LogP contribution in [0.1, 0.15) is 23.2 Å². The fraction of sp³-hybridized carbons (Fsp3) is 0.280. The molecule has 0 saturated carbocycles. The molecule has 1 atom stereocenters. The van der Waals surface area contributed by atoms with Gasteiger partial charge in [0, 0.05) is 30.2 Å². The lowest BCUT2D eigenvalue weighted by Crippen LogP contribution is -2.39. The van der Waals surface area contributed by atoms with Gasteiger partial charge in [-0.25, -0.2) is 9.67 Å². The second-order valence-corrected chi connectivity index (χ2v) is 8.33. The molecule has 0 bridgehead atoms. The highest BCUT2D eigenvalue weighted by molar-refractivity contribution is 5.92. The summed E-state index contributed by atoms with van der Waals surface area (Å²) in [5.74, 6) is 0.505. The summed E-state index contributed by atoms with van der Waals surface area (Å²) in [6, 6.07) is 13.7. The number of nitrogens with zero attached hydrogens (tertiary/aromatic N) is 4. The maximum Gasteiger partial charge on any atom is 0.238 e. The fourth-order valence-electron chi connectivity index (χ4n) is 4.17. The van der Waals surface area contributed by atoms with Crippen molar-refractivity contribution in [3.05, 3.63) is 71.7 Å². The summed E-state index contributed by atoms with van der Waals surface area (Å²) < 4.78 is 7.17. The molecule has 3 aromatic heterocycles. The largest absolute Gasteiger partial charge is 0.481 e. The molecule has 3 heterocycles. The van der Waals surface area contributed by atoms with Gasteiger partial charge in [0.1, 0.15) is 5.52 Å². The van der Waals surface area contributed by atoms with E-state index >= 15 is 0 Å². The molecular weight excluding hydrogens is 416 g/mol. The van der Waals surface area contributed by atoms with Crippen molar-refractivity contribution in [2.45, 2.75) is 32.2 Å². The van der Waals surface area contributed by atoms with Crippen LogP contribution in [0.15, 0.2) is 54.9 Å². The number of amides is 1. The van der Waals surface area contributed by atoms with Gasteiger partial charge >= 0.3 is 0 Å². The van der Waals surface area contributed by atoms with Crippen LogP contribution in [0.4, 0.5) is 5.69 Å². The molecule has 0 aliphatic heterocycles. The minimum absolute atomic E-state index is 0.0383. The number of hydrogen-bond donors (Lipinski definition) is 2. The molecule has 33 heavy (non-hydrogen) atoms. The molecule has 4 aromatic rings. The zero-order valence-electron chi connectivity index (χ0n) is 18.7. The molecule has 0 spiro atoms. The lowest BCUT2D eigenvalue weighted by molar-refractivity contribution is -0.115. The number of nitrogens with one attached hydrogen (secondary N) is 2. The molecule has 1 aliphatic rings. The van der Waals surface area contributed by atoms with Crippen LogP contribution in [0, 0.1) is 6.92 Å². The number of aryl methyl sites for hydroxylation is 2. The Morgan fingerprint density at radius 2 is 2.03 bits per heavy atom. The first-order chi connectivity index (χ1) is 16.1. The van der Waals surface area contributed by atoms with Gasteiger partial charge < -0.3 is 15.4 Å². The zero-order valence-corrected chi connectivity index (χ0v) is 18.7. The topological polar surface area (TPSA) is 94.0 Å². The molecule has 0 saturated heterocycles. The van der Waals surface area contributed by atoms with Crippen LogP contribution >= 0.6 is 0 Å². The number of carbonyl (C=O) groups is 1. The highest BCUT2D eigenvalue weighted by Gasteiger charge is 2.23. The Morgan fingerprint density at radius 1 is 1.18 bits per heavy atom. The highest BCUT2D eigenvalue weighted by Crippen LogP contribution is 2.25. The summed E-state index contributed by atoms with van der Waals surface area (Å²) in [6.45, 7) is 2.30. The molecule has 8 heteroatoms. The molecule has 168 valence electrons. The summed E-state index contributed by atoms with van der Waals surface area (Å²) >= 11 is 0. The van der Waals surface area contributed by atoms with Crippen molar-refractivity contribution in [1.82, 2.24) is 25.1 Å². The number of fused-ring (bicyclic) bond motifs is 2. The van der Waals surface area contributed by atoms with Gasteiger partial charge in [-0.05, 0) is 56.0 Å². The molecule has 8 nitrogen and oxygen atoms in total. The Hall–Kier alpha value is -3.78. The van der Waals surface area contributed by atoms with Crippen LogP contribution in [0.5, 0.6) is 5.88 Å². The average Bonchev–Trinajstić information content (AvgIpc) is 3.26. The number of rotatable bonds is 6. The van der Waals surface area contributed by atoms with Crippen molar-refractivity contribution < 1.29 is 9.53 Å². The van der Waals surface area contributed by atoms with Crippen molar-refractivity contribution >= 4 is 22.6 Å². The van der Waals surface area contributed by atoms with Crippen molar-refractivity contribution in [3.8, 4) is 11.6 Å². The number of aromatic nitrogens is 4. The second kappa shape index (κ2) is 8.99. The van der Waals surface area contributed by atoms with Gasteiger partial charge in [0.15, 0.2) is 0 Å². The standard InChI is InChI=1S/C25H26N6O2/c1-16-3-5-18(6-4-16)28-23(32)14-27-19-7-8-20-17(13-19)15-31(30-20)22-11-12-26-21-9-10-24(33-2)29-25(21)22/h3-6,9-12,15,19,27H,7-8,13-14H2,1-2H3,(H,28,32). The number of carbonyl (C=O) groups excluding carboxylic acids is 1. The Labute approximate surface area is 192 Å². The van der Waals surface area contributed by atoms with E-state index in [1.807, 2.05) is 48.0 Å². The van der Waals surface area contributed by atoms with Gasteiger partial charge in [-0.1, -0.05) is 17.7 Å². The molecule has 1 aliphatic carbocycles.